The third kappa shape index (κ3) is 2.50. The third-order valence-electron chi connectivity index (χ3n) is 4.23. The number of aromatic nitrogens is 1. The predicted octanol–water partition coefficient (Wildman–Crippen LogP) is 5.13. The van der Waals surface area contributed by atoms with Gasteiger partial charge >= 0.3 is 0 Å². The number of rotatable bonds is 2. The van der Waals surface area contributed by atoms with Crippen molar-refractivity contribution in [2.45, 2.75) is 12.5 Å². The average Bonchev–Trinajstić information content (AvgIpc) is 3.04. The van der Waals surface area contributed by atoms with Crippen LogP contribution >= 0.6 is 23.2 Å². The van der Waals surface area contributed by atoms with Gasteiger partial charge in [-0.1, -0.05) is 58.7 Å². The molecule has 2 aromatic carbocycles. The highest BCUT2D eigenvalue weighted by Crippen LogP contribution is 2.41. The summed E-state index contributed by atoms with van der Waals surface area (Å²) in [5, 5.41) is 5.68. The van der Waals surface area contributed by atoms with Gasteiger partial charge in [-0.2, -0.15) is 0 Å². The molecule has 0 N–H and O–H groups in total. The molecule has 1 aliphatic heterocycles. The summed E-state index contributed by atoms with van der Waals surface area (Å²) in [5.41, 5.74) is 4.01. The highest BCUT2D eigenvalue weighted by Gasteiger charge is 2.33. The van der Waals surface area contributed by atoms with E-state index in [1.165, 1.54) is 0 Å². The molecule has 1 atom stereocenters. The van der Waals surface area contributed by atoms with Gasteiger partial charge in [0.25, 0.3) is 0 Å². The first-order chi connectivity index (χ1) is 11.3. The van der Waals surface area contributed by atoms with Crippen LogP contribution in [-0.2, 0) is 6.42 Å². The lowest BCUT2D eigenvalue weighted by Crippen LogP contribution is -2.36. The third-order valence-corrected chi connectivity index (χ3v) is 4.89. The fraction of sp³-hybridized carbons (Fsp3) is 0.167. The molecular weight excluding hydrogens is 331 g/mol. The molecule has 0 aliphatic carbocycles. The zero-order chi connectivity index (χ0) is 15.8. The normalized spacial score (nSPS) is 17.1. The standard InChI is InChI=1S/C18H14Cl2N2O/c19-14-6-2-1-5-13(14)18-17-12(11-23-21-17)9-10-22(18)16-8-4-3-7-15(16)20/h1-8,11,18H,9-10H2. The molecule has 3 nitrogen and oxygen atoms in total. The second kappa shape index (κ2) is 5.91. The van der Waals surface area contributed by atoms with Crippen LogP contribution in [0, 0.1) is 0 Å². The van der Waals surface area contributed by atoms with E-state index < -0.39 is 0 Å². The topological polar surface area (TPSA) is 29.3 Å². The first-order valence-corrected chi connectivity index (χ1v) is 8.20. The quantitative estimate of drug-likeness (QED) is 0.644. The number of nitrogens with zero attached hydrogens (tertiary/aromatic N) is 2. The summed E-state index contributed by atoms with van der Waals surface area (Å²) in [5.74, 6) is 0. The highest BCUT2D eigenvalue weighted by molar-refractivity contribution is 6.33. The van der Waals surface area contributed by atoms with Crippen LogP contribution in [0.1, 0.15) is 22.9 Å². The van der Waals surface area contributed by atoms with Gasteiger partial charge in [0.05, 0.1) is 10.7 Å². The Morgan fingerprint density at radius 1 is 1.00 bits per heavy atom. The van der Waals surface area contributed by atoms with E-state index in [2.05, 4.69) is 10.1 Å². The Bertz CT molecular complexity index is 846. The molecular formula is C18H14Cl2N2O. The first kappa shape index (κ1) is 14.6. The van der Waals surface area contributed by atoms with E-state index in [-0.39, 0.29) is 6.04 Å². The van der Waals surface area contributed by atoms with Crippen molar-refractivity contribution in [3.8, 4) is 0 Å². The first-order valence-electron chi connectivity index (χ1n) is 7.44. The van der Waals surface area contributed by atoms with Gasteiger partial charge in [-0.15, -0.1) is 0 Å². The lowest BCUT2D eigenvalue weighted by molar-refractivity contribution is 0.408. The number of hydrogen-bond acceptors (Lipinski definition) is 3. The molecule has 23 heavy (non-hydrogen) atoms. The Kier molecular flexibility index (Phi) is 3.76. The predicted molar refractivity (Wildman–Crippen MR) is 92.3 cm³/mol. The van der Waals surface area contributed by atoms with Gasteiger partial charge in [0, 0.05) is 17.1 Å². The summed E-state index contributed by atoms with van der Waals surface area (Å²) in [6, 6.07) is 15.6. The van der Waals surface area contributed by atoms with Gasteiger partial charge in [0.15, 0.2) is 0 Å². The molecule has 1 unspecified atom stereocenters. The minimum atomic E-state index is -0.105. The van der Waals surface area contributed by atoms with E-state index in [4.69, 9.17) is 27.7 Å². The van der Waals surface area contributed by atoms with Crippen molar-refractivity contribution in [3.63, 3.8) is 0 Å². The molecule has 1 aliphatic rings. The summed E-state index contributed by atoms with van der Waals surface area (Å²) in [6.45, 7) is 0.827. The molecule has 1 aromatic heterocycles. The number of benzene rings is 2. The zero-order valence-electron chi connectivity index (χ0n) is 12.2. The van der Waals surface area contributed by atoms with Crippen LogP contribution < -0.4 is 4.90 Å². The van der Waals surface area contributed by atoms with Crippen molar-refractivity contribution in [3.05, 3.63) is 81.7 Å². The molecule has 0 saturated carbocycles. The largest absolute Gasteiger partial charge is 0.364 e. The van der Waals surface area contributed by atoms with Crippen molar-refractivity contribution in [1.29, 1.82) is 0 Å². The lowest BCUT2D eigenvalue weighted by atomic mass is 9.93. The Hall–Kier alpha value is -1.97. The number of hydrogen-bond donors (Lipinski definition) is 0. The van der Waals surface area contributed by atoms with E-state index in [1.54, 1.807) is 6.26 Å². The van der Waals surface area contributed by atoms with Gasteiger partial charge in [0.1, 0.15) is 18.0 Å². The molecule has 0 radical (unpaired) electrons. The second-order valence-corrected chi connectivity index (χ2v) is 6.36. The Balaban J connectivity index is 1.89. The monoisotopic (exact) mass is 344 g/mol. The summed E-state index contributed by atoms with van der Waals surface area (Å²) in [6.07, 6.45) is 2.59. The molecule has 0 fully saturated rings. The molecule has 0 bridgehead atoms. The van der Waals surface area contributed by atoms with Gasteiger partial charge in [0.2, 0.25) is 0 Å². The lowest BCUT2D eigenvalue weighted by Gasteiger charge is -2.37. The second-order valence-electron chi connectivity index (χ2n) is 5.54. The SMILES string of the molecule is Clc1ccccc1C1c2nocc2CCN1c1ccccc1Cl. The summed E-state index contributed by atoms with van der Waals surface area (Å²) in [7, 11) is 0. The van der Waals surface area contributed by atoms with Crippen LogP contribution in [0.2, 0.25) is 10.0 Å². The molecule has 0 spiro atoms. The minimum Gasteiger partial charge on any atom is -0.364 e. The maximum absolute atomic E-state index is 6.47. The Morgan fingerprint density at radius 2 is 1.74 bits per heavy atom. The van der Waals surface area contributed by atoms with Crippen LogP contribution in [-0.4, -0.2) is 11.7 Å². The van der Waals surface area contributed by atoms with Crippen molar-refractivity contribution >= 4 is 28.9 Å². The molecule has 116 valence electrons. The van der Waals surface area contributed by atoms with Gasteiger partial charge in [-0.05, 0) is 30.2 Å². The van der Waals surface area contributed by atoms with Crippen LogP contribution in [0.25, 0.3) is 0 Å². The molecule has 0 amide bonds. The van der Waals surface area contributed by atoms with E-state index in [9.17, 15) is 0 Å². The summed E-state index contributed by atoms with van der Waals surface area (Å²) < 4.78 is 5.22. The van der Waals surface area contributed by atoms with Gasteiger partial charge in [-0.3, -0.25) is 0 Å². The molecule has 2 heterocycles. The smallest absolute Gasteiger partial charge is 0.127 e. The summed E-state index contributed by atoms with van der Waals surface area (Å²) in [4.78, 5) is 2.24. The van der Waals surface area contributed by atoms with E-state index in [0.29, 0.717) is 5.02 Å². The highest BCUT2D eigenvalue weighted by atomic mass is 35.5. The van der Waals surface area contributed by atoms with Gasteiger partial charge in [-0.25, -0.2) is 0 Å². The minimum absolute atomic E-state index is 0.105. The van der Waals surface area contributed by atoms with E-state index in [1.807, 2.05) is 48.5 Å². The van der Waals surface area contributed by atoms with Crippen molar-refractivity contribution in [1.82, 2.24) is 5.16 Å². The molecule has 3 aromatic rings. The maximum atomic E-state index is 6.47. The van der Waals surface area contributed by atoms with Crippen molar-refractivity contribution in [2.75, 3.05) is 11.4 Å². The zero-order valence-corrected chi connectivity index (χ0v) is 13.8. The number of para-hydroxylation sites is 1. The number of halogens is 2. The van der Waals surface area contributed by atoms with Gasteiger partial charge < -0.3 is 9.42 Å². The molecule has 4 rings (SSSR count). The molecule has 5 heteroatoms. The van der Waals surface area contributed by atoms with E-state index in [0.717, 1.165) is 40.5 Å². The van der Waals surface area contributed by atoms with Crippen LogP contribution in [0.3, 0.4) is 0 Å². The van der Waals surface area contributed by atoms with Crippen LogP contribution in [0.4, 0.5) is 5.69 Å². The summed E-state index contributed by atoms with van der Waals surface area (Å²) >= 11 is 12.9. The molecule has 0 saturated heterocycles. The maximum Gasteiger partial charge on any atom is 0.127 e. The van der Waals surface area contributed by atoms with Crippen molar-refractivity contribution in [2.24, 2.45) is 0 Å². The Morgan fingerprint density at radius 3 is 2.52 bits per heavy atom. The average molecular weight is 345 g/mol. The number of fused-ring (bicyclic) bond motifs is 1. The van der Waals surface area contributed by atoms with E-state index >= 15 is 0 Å². The van der Waals surface area contributed by atoms with Crippen LogP contribution in [0.15, 0.2) is 59.3 Å². The fourth-order valence-corrected chi connectivity index (χ4v) is 3.64. The van der Waals surface area contributed by atoms with Crippen LogP contribution in [0.5, 0.6) is 0 Å². The Labute approximate surface area is 144 Å². The number of anilines is 1. The fourth-order valence-electron chi connectivity index (χ4n) is 3.15. The van der Waals surface area contributed by atoms with Crippen molar-refractivity contribution < 1.29 is 4.52 Å².